The van der Waals surface area contributed by atoms with Crippen LogP contribution in [-0.2, 0) is 16.1 Å². The second kappa shape index (κ2) is 7.45. The van der Waals surface area contributed by atoms with Crippen LogP contribution in [0.3, 0.4) is 0 Å². The summed E-state index contributed by atoms with van der Waals surface area (Å²) < 4.78 is 15.7. The Morgan fingerprint density at radius 2 is 1.87 bits per heavy atom. The molecule has 3 nitrogen and oxygen atoms in total. The molecule has 0 heterocycles. The number of hydrogen-bond donors (Lipinski definition) is 0. The van der Waals surface area contributed by atoms with E-state index in [1.165, 1.54) is 0 Å². The van der Waals surface area contributed by atoms with E-state index in [0.717, 1.165) is 17.5 Å². The third kappa shape index (κ3) is 4.97. The molecule has 0 N–H and O–H groups in total. The standard InChI is InChI=1S/C11H18O3Si/c1-12-11-5-3-10(4-6-11)7-13-8-14-9-15-2/h3-6H,7-9,15H2,1-2H3. The largest absolute Gasteiger partial charge is 0.497 e. The Morgan fingerprint density at radius 1 is 1.13 bits per heavy atom. The van der Waals surface area contributed by atoms with Crippen LogP contribution >= 0.6 is 0 Å². The monoisotopic (exact) mass is 226 g/mol. The van der Waals surface area contributed by atoms with Gasteiger partial charge in [-0.15, -0.1) is 0 Å². The number of ether oxygens (including phenoxy) is 3. The maximum Gasteiger partial charge on any atom is 0.146 e. The molecule has 0 radical (unpaired) electrons. The van der Waals surface area contributed by atoms with Gasteiger partial charge in [-0.1, -0.05) is 18.7 Å². The quantitative estimate of drug-likeness (QED) is 0.399. The molecule has 4 heteroatoms. The van der Waals surface area contributed by atoms with Crippen LogP contribution in [0.4, 0.5) is 0 Å². The summed E-state index contributed by atoms with van der Waals surface area (Å²) in [5.41, 5.74) is 1.13. The lowest BCUT2D eigenvalue weighted by Gasteiger charge is -2.05. The summed E-state index contributed by atoms with van der Waals surface area (Å²) in [6.07, 6.45) is 0.891. The molecule has 0 aliphatic heterocycles. The summed E-state index contributed by atoms with van der Waals surface area (Å²) in [4.78, 5) is 0. The van der Waals surface area contributed by atoms with Crippen molar-refractivity contribution in [2.24, 2.45) is 0 Å². The average Bonchev–Trinajstić information content (AvgIpc) is 2.30. The zero-order valence-corrected chi connectivity index (χ0v) is 10.8. The average molecular weight is 226 g/mol. The van der Waals surface area contributed by atoms with Gasteiger partial charge in [-0.25, -0.2) is 0 Å². The van der Waals surface area contributed by atoms with Crippen LogP contribution in [0.25, 0.3) is 0 Å². The molecule has 15 heavy (non-hydrogen) atoms. The van der Waals surface area contributed by atoms with E-state index in [9.17, 15) is 0 Å². The summed E-state index contributed by atoms with van der Waals surface area (Å²) in [6, 6.07) is 7.85. The Kier molecular flexibility index (Phi) is 6.07. The normalized spacial score (nSPS) is 11.1. The Bertz CT molecular complexity index is 261. The molecule has 0 aliphatic carbocycles. The SMILES string of the molecule is COc1ccc(COCOC[SiH2]C)cc1. The molecule has 0 atom stereocenters. The highest BCUT2D eigenvalue weighted by Gasteiger charge is 1.94. The molecule has 0 amide bonds. The fraction of sp³-hybridized carbons (Fsp3) is 0.455. The molecule has 0 bridgehead atoms. The molecule has 1 rings (SSSR count). The first-order valence-corrected chi connectivity index (χ1v) is 7.56. The van der Waals surface area contributed by atoms with E-state index in [1.807, 2.05) is 24.3 Å². The van der Waals surface area contributed by atoms with Crippen molar-refractivity contribution in [3.8, 4) is 5.75 Å². The van der Waals surface area contributed by atoms with Gasteiger partial charge in [0.15, 0.2) is 0 Å². The Balaban J connectivity index is 2.20. The summed E-state index contributed by atoms with van der Waals surface area (Å²) >= 11 is 0. The number of rotatable bonds is 7. The fourth-order valence-corrected chi connectivity index (χ4v) is 1.55. The minimum absolute atomic E-state index is 0.00412. The van der Waals surface area contributed by atoms with Crippen LogP contribution < -0.4 is 4.74 Å². The van der Waals surface area contributed by atoms with Crippen LogP contribution in [0.2, 0.25) is 6.55 Å². The molecule has 0 saturated heterocycles. The second-order valence-corrected chi connectivity index (χ2v) is 4.63. The van der Waals surface area contributed by atoms with Crippen molar-refractivity contribution in [1.82, 2.24) is 0 Å². The van der Waals surface area contributed by atoms with E-state index in [-0.39, 0.29) is 9.52 Å². The van der Waals surface area contributed by atoms with Gasteiger partial charge in [0.25, 0.3) is 0 Å². The zero-order chi connectivity index (χ0) is 10.9. The molecule has 1 aromatic rings. The molecule has 84 valence electrons. The number of methoxy groups -OCH3 is 1. The lowest BCUT2D eigenvalue weighted by atomic mass is 10.2. The lowest BCUT2D eigenvalue weighted by molar-refractivity contribution is -0.0467. The van der Waals surface area contributed by atoms with Crippen molar-refractivity contribution in [3.63, 3.8) is 0 Å². The highest BCUT2D eigenvalue weighted by Crippen LogP contribution is 2.11. The van der Waals surface area contributed by atoms with Crippen LogP contribution in [0.15, 0.2) is 24.3 Å². The van der Waals surface area contributed by atoms with Crippen molar-refractivity contribution in [3.05, 3.63) is 29.8 Å². The topological polar surface area (TPSA) is 27.7 Å². The van der Waals surface area contributed by atoms with Crippen LogP contribution in [-0.4, -0.2) is 29.7 Å². The predicted molar refractivity (Wildman–Crippen MR) is 63.0 cm³/mol. The Morgan fingerprint density at radius 3 is 2.47 bits per heavy atom. The van der Waals surface area contributed by atoms with E-state index in [4.69, 9.17) is 14.2 Å². The molecule has 0 fully saturated rings. The molecule has 1 aromatic carbocycles. The highest BCUT2D eigenvalue weighted by molar-refractivity contribution is 6.33. The van der Waals surface area contributed by atoms with E-state index >= 15 is 0 Å². The maximum absolute atomic E-state index is 5.35. The smallest absolute Gasteiger partial charge is 0.146 e. The minimum atomic E-state index is -0.00412. The van der Waals surface area contributed by atoms with Gasteiger partial charge in [-0.3, -0.25) is 0 Å². The van der Waals surface area contributed by atoms with Gasteiger partial charge in [0.1, 0.15) is 12.5 Å². The summed E-state index contributed by atoms with van der Waals surface area (Å²) in [6.45, 7) is 3.20. The highest BCUT2D eigenvalue weighted by atomic mass is 28.2. The summed E-state index contributed by atoms with van der Waals surface area (Å²) in [7, 11) is 1.66. The van der Waals surface area contributed by atoms with Gasteiger partial charge in [0.05, 0.1) is 13.7 Å². The summed E-state index contributed by atoms with van der Waals surface area (Å²) in [5, 5.41) is 0. The Labute approximate surface area is 93.2 Å². The first-order chi connectivity index (χ1) is 7.36. The maximum atomic E-state index is 5.35. The zero-order valence-electron chi connectivity index (χ0n) is 9.36. The van der Waals surface area contributed by atoms with E-state index in [2.05, 4.69) is 6.55 Å². The second-order valence-electron chi connectivity index (χ2n) is 3.22. The molecular weight excluding hydrogens is 208 g/mol. The molecule has 0 spiro atoms. The van der Waals surface area contributed by atoms with Crippen molar-refractivity contribution in [1.29, 1.82) is 0 Å². The van der Waals surface area contributed by atoms with Gasteiger partial charge >= 0.3 is 0 Å². The van der Waals surface area contributed by atoms with Crippen molar-refractivity contribution >= 4 is 9.52 Å². The number of hydrogen-bond acceptors (Lipinski definition) is 3. The van der Waals surface area contributed by atoms with Gasteiger partial charge in [-0.2, -0.15) is 0 Å². The van der Waals surface area contributed by atoms with Gasteiger partial charge in [-0.05, 0) is 17.7 Å². The molecule has 0 aliphatic rings. The van der Waals surface area contributed by atoms with Crippen molar-refractivity contribution in [2.75, 3.05) is 20.1 Å². The van der Waals surface area contributed by atoms with Crippen LogP contribution in [0.5, 0.6) is 5.75 Å². The minimum Gasteiger partial charge on any atom is -0.497 e. The first-order valence-electron chi connectivity index (χ1n) is 5.15. The van der Waals surface area contributed by atoms with E-state index < -0.39 is 0 Å². The third-order valence-corrected chi connectivity index (χ3v) is 2.64. The van der Waals surface area contributed by atoms with Gasteiger partial charge in [0.2, 0.25) is 0 Å². The molecule has 0 unspecified atom stereocenters. The Hall–Kier alpha value is -0.843. The molecular formula is C11H18O3Si. The van der Waals surface area contributed by atoms with E-state index in [0.29, 0.717) is 13.4 Å². The lowest BCUT2D eigenvalue weighted by Crippen LogP contribution is -2.04. The van der Waals surface area contributed by atoms with Crippen molar-refractivity contribution in [2.45, 2.75) is 13.2 Å². The van der Waals surface area contributed by atoms with E-state index in [1.54, 1.807) is 7.11 Å². The summed E-state index contributed by atoms with van der Waals surface area (Å²) in [5.74, 6) is 0.868. The molecule has 0 saturated carbocycles. The first kappa shape index (κ1) is 12.2. The predicted octanol–water partition coefficient (Wildman–Crippen LogP) is 1.36. The fourth-order valence-electron chi connectivity index (χ4n) is 1.14. The van der Waals surface area contributed by atoms with Crippen LogP contribution in [0.1, 0.15) is 5.56 Å². The number of benzene rings is 1. The van der Waals surface area contributed by atoms with Gasteiger partial charge in [0, 0.05) is 15.7 Å². The van der Waals surface area contributed by atoms with Crippen LogP contribution in [0, 0.1) is 0 Å². The third-order valence-electron chi connectivity index (χ3n) is 1.94. The molecule has 0 aromatic heterocycles. The van der Waals surface area contributed by atoms with Crippen molar-refractivity contribution < 1.29 is 14.2 Å². The van der Waals surface area contributed by atoms with Gasteiger partial charge < -0.3 is 14.2 Å².